The predicted octanol–water partition coefficient (Wildman–Crippen LogP) is 3.47. The maximum atomic E-state index is 11.2. The predicted molar refractivity (Wildman–Crippen MR) is 60.9 cm³/mol. The molecule has 0 bridgehead atoms. The van der Waals surface area contributed by atoms with Crippen LogP contribution in [0.15, 0.2) is 39.8 Å². The van der Waals surface area contributed by atoms with E-state index in [1.54, 1.807) is 0 Å². The summed E-state index contributed by atoms with van der Waals surface area (Å²) in [4.78, 5) is 11.2. The number of hydrogen-bond donors (Lipinski definition) is 0. The van der Waals surface area contributed by atoms with Crippen molar-refractivity contribution in [3.63, 3.8) is 0 Å². The van der Waals surface area contributed by atoms with Crippen molar-refractivity contribution in [2.24, 2.45) is 0 Å². The van der Waals surface area contributed by atoms with Gasteiger partial charge in [-0.05, 0) is 33.6 Å². The van der Waals surface area contributed by atoms with E-state index in [4.69, 9.17) is 0 Å². The molecule has 1 nitrogen and oxygen atoms in total. The van der Waals surface area contributed by atoms with Gasteiger partial charge in [-0.2, -0.15) is 0 Å². The summed E-state index contributed by atoms with van der Waals surface area (Å²) in [6, 6.07) is 7.66. The van der Waals surface area contributed by atoms with Gasteiger partial charge in [0, 0.05) is 10.9 Å². The minimum Gasteiger partial charge on any atom is -0.293 e. The highest BCUT2D eigenvalue weighted by atomic mass is 79.9. The maximum absolute atomic E-state index is 11.2. The minimum atomic E-state index is 0.0160. The molecule has 0 aliphatic heterocycles. The fraction of sp³-hybridized carbons (Fsp3) is 0.100. The summed E-state index contributed by atoms with van der Waals surface area (Å²) in [5.41, 5.74) is 0.994. The lowest BCUT2D eigenvalue weighted by atomic mass is 10.1. The molecule has 3 heteroatoms. The first-order chi connectivity index (χ1) is 6.09. The summed E-state index contributed by atoms with van der Waals surface area (Å²) >= 11 is 6.39. The van der Waals surface area contributed by atoms with Gasteiger partial charge in [-0.3, -0.25) is 4.79 Å². The smallest absolute Gasteiger partial charge is 0.173 e. The second-order valence-corrected chi connectivity index (χ2v) is 4.50. The first-order valence-corrected chi connectivity index (χ1v) is 5.30. The molecular weight excluding hydrogens is 296 g/mol. The molecular formula is C10H8Br2O. The third kappa shape index (κ3) is 3.44. The molecule has 0 aromatic heterocycles. The quantitative estimate of drug-likeness (QED) is 0.782. The van der Waals surface area contributed by atoms with Gasteiger partial charge >= 0.3 is 0 Å². The first-order valence-electron chi connectivity index (χ1n) is 3.71. The highest BCUT2D eigenvalue weighted by molar-refractivity contribution is 9.12. The van der Waals surface area contributed by atoms with Crippen LogP contribution in [0, 0.1) is 0 Å². The van der Waals surface area contributed by atoms with Crippen LogP contribution in [0.4, 0.5) is 0 Å². The number of rotatable bonds is 3. The summed E-state index contributed by atoms with van der Waals surface area (Å²) in [6.07, 6.45) is 0.400. The second kappa shape index (κ2) is 4.72. The summed E-state index contributed by atoms with van der Waals surface area (Å²) in [5.74, 6) is 0.0160. The molecule has 0 radical (unpaired) electrons. The Morgan fingerprint density at radius 1 is 1.31 bits per heavy atom. The standard InChI is InChI=1S/C10H8Br2O/c1-7(11)10(13)6-8-2-4-9(12)5-3-8/h2-5H,1,6H2. The van der Waals surface area contributed by atoms with Crippen molar-refractivity contribution in [3.8, 4) is 0 Å². The van der Waals surface area contributed by atoms with Gasteiger partial charge < -0.3 is 0 Å². The van der Waals surface area contributed by atoms with E-state index in [1.165, 1.54) is 0 Å². The summed E-state index contributed by atoms with van der Waals surface area (Å²) in [5, 5.41) is 0. The Balaban J connectivity index is 2.70. The molecule has 0 atom stereocenters. The number of ketones is 1. The molecule has 0 heterocycles. The second-order valence-electron chi connectivity index (χ2n) is 2.63. The van der Waals surface area contributed by atoms with Crippen LogP contribution < -0.4 is 0 Å². The zero-order chi connectivity index (χ0) is 9.84. The van der Waals surface area contributed by atoms with E-state index in [0.717, 1.165) is 10.0 Å². The van der Waals surface area contributed by atoms with E-state index in [2.05, 4.69) is 38.4 Å². The van der Waals surface area contributed by atoms with E-state index in [0.29, 0.717) is 10.9 Å². The van der Waals surface area contributed by atoms with E-state index < -0.39 is 0 Å². The SMILES string of the molecule is C=C(Br)C(=O)Cc1ccc(Br)cc1. The van der Waals surface area contributed by atoms with Crippen molar-refractivity contribution in [1.82, 2.24) is 0 Å². The molecule has 0 unspecified atom stereocenters. The van der Waals surface area contributed by atoms with Gasteiger partial charge in [0.25, 0.3) is 0 Å². The molecule has 13 heavy (non-hydrogen) atoms. The van der Waals surface area contributed by atoms with Gasteiger partial charge in [-0.25, -0.2) is 0 Å². The maximum Gasteiger partial charge on any atom is 0.173 e. The molecule has 0 fully saturated rings. The van der Waals surface area contributed by atoms with Gasteiger partial charge in [0.15, 0.2) is 5.78 Å². The minimum absolute atomic E-state index is 0.0160. The van der Waals surface area contributed by atoms with Crippen molar-refractivity contribution in [2.75, 3.05) is 0 Å². The molecule has 0 aliphatic rings. The largest absolute Gasteiger partial charge is 0.293 e. The highest BCUT2D eigenvalue weighted by Crippen LogP contribution is 2.13. The molecule has 68 valence electrons. The molecule has 0 saturated heterocycles. The van der Waals surface area contributed by atoms with E-state index in [9.17, 15) is 4.79 Å². The number of benzene rings is 1. The van der Waals surface area contributed by atoms with Crippen LogP contribution in [-0.4, -0.2) is 5.78 Å². The molecule has 1 aromatic rings. The number of halogens is 2. The summed E-state index contributed by atoms with van der Waals surface area (Å²) < 4.78 is 1.44. The topological polar surface area (TPSA) is 17.1 Å². The van der Waals surface area contributed by atoms with Crippen molar-refractivity contribution in [3.05, 3.63) is 45.4 Å². The highest BCUT2D eigenvalue weighted by Gasteiger charge is 2.04. The lowest BCUT2D eigenvalue weighted by molar-refractivity contribution is -0.114. The van der Waals surface area contributed by atoms with Crippen molar-refractivity contribution in [1.29, 1.82) is 0 Å². The van der Waals surface area contributed by atoms with Crippen molar-refractivity contribution >= 4 is 37.6 Å². The molecule has 1 rings (SSSR count). The molecule has 0 amide bonds. The molecule has 0 N–H and O–H groups in total. The van der Waals surface area contributed by atoms with E-state index in [-0.39, 0.29) is 5.78 Å². The fourth-order valence-corrected chi connectivity index (χ4v) is 1.29. The van der Waals surface area contributed by atoms with Crippen molar-refractivity contribution in [2.45, 2.75) is 6.42 Å². The van der Waals surface area contributed by atoms with Crippen LogP contribution in [0.25, 0.3) is 0 Å². The van der Waals surface area contributed by atoms with E-state index in [1.807, 2.05) is 24.3 Å². The number of carbonyl (C=O) groups excluding carboxylic acids is 1. The third-order valence-electron chi connectivity index (χ3n) is 1.58. The lowest BCUT2D eigenvalue weighted by Crippen LogP contribution is -2.00. The molecule has 0 saturated carbocycles. The number of Topliss-reactive ketones (excluding diaryl/α,β-unsaturated/α-hetero) is 1. The van der Waals surface area contributed by atoms with Gasteiger partial charge in [0.2, 0.25) is 0 Å². The lowest BCUT2D eigenvalue weighted by Gasteiger charge is -1.99. The van der Waals surface area contributed by atoms with Crippen molar-refractivity contribution < 1.29 is 4.79 Å². The average Bonchev–Trinajstić information content (AvgIpc) is 2.08. The van der Waals surface area contributed by atoms with Crippen LogP contribution in [0.2, 0.25) is 0 Å². The van der Waals surface area contributed by atoms with Gasteiger partial charge in [-0.1, -0.05) is 34.6 Å². The number of allylic oxidation sites excluding steroid dienone is 1. The van der Waals surface area contributed by atoms with Gasteiger partial charge in [0.1, 0.15) is 0 Å². The van der Waals surface area contributed by atoms with Crippen LogP contribution in [-0.2, 0) is 11.2 Å². The van der Waals surface area contributed by atoms with Crippen LogP contribution in [0.5, 0.6) is 0 Å². The van der Waals surface area contributed by atoms with Crippen LogP contribution in [0.3, 0.4) is 0 Å². The Morgan fingerprint density at radius 2 is 1.85 bits per heavy atom. The Bertz CT molecular complexity index is 327. The first kappa shape index (κ1) is 10.7. The fourth-order valence-electron chi connectivity index (χ4n) is 0.884. The zero-order valence-corrected chi connectivity index (χ0v) is 10.1. The molecule has 0 aliphatic carbocycles. The average molecular weight is 304 g/mol. The van der Waals surface area contributed by atoms with Gasteiger partial charge in [-0.15, -0.1) is 0 Å². The Kier molecular flexibility index (Phi) is 3.88. The number of carbonyl (C=O) groups is 1. The molecule has 1 aromatic carbocycles. The third-order valence-corrected chi connectivity index (χ3v) is 2.55. The zero-order valence-electron chi connectivity index (χ0n) is 6.89. The Hall–Kier alpha value is -0.410. The monoisotopic (exact) mass is 302 g/mol. The number of hydrogen-bond acceptors (Lipinski definition) is 1. The summed E-state index contributed by atoms with van der Waals surface area (Å²) in [7, 11) is 0. The van der Waals surface area contributed by atoms with Crippen LogP contribution in [0.1, 0.15) is 5.56 Å². The summed E-state index contributed by atoms with van der Waals surface area (Å²) in [6.45, 7) is 3.53. The Labute approximate surface area is 94.1 Å². The normalized spacial score (nSPS) is 9.69. The van der Waals surface area contributed by atoms with Gasteiger partial charge in [0.05, 0.1) is 4.48 Å². The van der Waals surface area contributed by atoms with E-state index >= 15 is 0 Å². The molecule has 0 spiro atoms. The Morgan fingerprint density at radius 3 is 2.31 bits per heavy atom. The van der Waals surface area contributed by atoms with Crippen LogP contribution >= 0.6 is 31.9 Å².